The Labute approximate surface area is 102 Å². The summed E-state index contributed by atoms with van der Waals surface area (Å²) in [5.74, 6) is 1.23. The van der Waals surface area contributed by atoms with E-state index in [2.05, 4.69) is 22.8 Å². The van der Waals surface area contributed by atoms with Gasteiger partial charge in [0.2, 0.25) is 11.0 Å². The average Bonchev–Trinajstić information content (AvgIpc) is 2.83. The van der Waals surface area contributed by atoms with E-state index < -0.39 is 0 Å². The minimum absolute atomic E-state index is 0.137. The average molecular weight is 261 g/mol. The number of hydrogen-bond acceptors (Lipinski definition) is 6. The first kappa shape index (κ1) is 11.2. The maximum atomic E-state index is 11.7. The Kier molecular flexibility index (Phi) is 3.53. The summed E-state index contributed by atoms with van der Waals surface area (Å²) in [6.07, 6.45) is 2.53. The lowest BCUT2D eigenvalue weighted by molar-refractivity contribution is -0.117. The summed E-state index contributed by atoms with van der Waals surface area (Å²) in [7, 11) is 0. The van der Waals surface area contributed by atoms with Gasteiger partial charge < -0.3 is 0 Å². The van der Waals surface area contributed by atoms with E-state index in [0.29, 0.717) is 17.5 Å². The lowest BCUT2D eigenvalue weighted by Gasteiger charge is -2.10. The maximum absolute atomic E-state index is 11.7. The van der Waals surface area contributed by atoms with Crippen LogP contribution in [0.2, 0.25) is 0 Å². The number of thiol groups is 1. The highest BCUT2D eigenvalue weighted by Crippen LogP contribution is 2.31. The fourth-order valence-corrected chi connectivity index (χ4v) is 3.01. The second kappa shape index (κ2) is 4.71. The molecule has 0 N–H and O–H groups in total. The van der Waals surface area contributed by atoms with Crippen molar-refractivity contribution >= 4 is 46.8 Å². The molecule has 1 fully saturated rings. The van der Waals surface area contributed by atoms with Crippen molar-refractivity contribution in [1.82, 2.24) is 10.2 Å². The third-order valence-corrected chi connectivity index (χ3v) is 4.70. The van der Waals surface area contributed by atoms with Crippen molar-refractivity contribution in [3.63, 3.8) is 0 Å². The third-order valence-electron chi connectivity index (χ3n) is 2.26. The standard InChI is InChI=1S/C8H11N3OS3/c1-14-8-10-9-7(15-8)11-3-5(4-13)2-6(11)12/h5,13H,2-4H2,1H3. The SMILES string of the molecule is CSc1nnc(N2CC(CS)CC2=O)s1. The Morgan fingerprint density at radius 1 is 1.67 bits per heavy atom. The summed E-state index contributed by atoms with van der Waals surface area (Å²) in [6.45, 7) is 0.728. The molecule has 0 aliphatic carbocycles. The molecule has 1 aliphatic rings. The Morgan fingerprint density at radius 3 is 3.00 bits per heavy atom. The van der Waals surface area contributed by atoms with Crippen LogP contribution in [0.1, 0.15) is 6.42 Å². The second-order valence-corrected chi connectivity index (χ2v) is 5.69. The molecule has 1 unspecified atom stereocenters. The molecule has 0 saturated carbocycles. The van der Waals surface area contributed by atoms with Crippen molar-refractivity contribution in [2.45, 2.75) is 10.8 Å². The lowest BCUT2D eigenvalue weighted by Crippen LogP contribution is -2.24. The fourth-order valence-electron chi connectivity index (χ4n) is 1.48. The molecule has 82 valence electrons. The van der Waals surface area contributed by atoms with Crippen molar-refractivity contribution in [2.75, 3.05) is 23.5 Å². The lowest BCUT2D eigenvalue weighted by atomic mass is 10.1. The molecule has 1 aromatic rings. The van der Waals surface area contributed by atoms with Crippen LogP contribution in [0.4, 0.5) is 5.13 Å². The minimum atomic E-state index is 0.137. The smallest absolute Gasteiger partial charge is 0.229 e. The van der Waals surface area contributed by atoms with Gasteiger partial charge in [-0.1, -0.05) is 23.1 Å². The van der Waals surface area contributed by atoms with Crippen molar-refractivity contribution in [2.24, 2.45) is 5.92 Å². The molecule has 1 saturated heterocycles. The number of nitrogens with zero attached hydrogens (tertiary/aromatic N) is 3. The molecule has 1 atom stereocenters. The quantitative estimate of drug-likeness (QED) is 0.509. The number of aromatic nitrogens is 2. The summed E-state index contributed by atoms with van der Waals surface area (Å²) < 4.78 is 0.895. The molecule has 0 spiro atoms. The van der Waals surface area contributed by atoms with Gasteiger partial charge in [-0.2, -0.15) is 12.6 Å². The Balaban J connectivity index is 2.14. The molecule has 1 aliphatic heterocycles. The number of carbonyl (C=O) groups excluding carboxylic acids is 1. The number of amides is 1. The topological polar surface area (TPSA) is 46.1 Å². The fraction of sp³-hybridized carbons (Fsp3) is 0.625. The number of anilines is 1. The zero-order valence-electron chi connectivity index (χ0n) is 8.21. The molecule has 4 nitrogen and oxygen atoms in total. The van der Waals surface area contributed by atoms with Crippen molar-refractivity contribution in [3.05, 3.63) is 0 Å². The van der Waals surface area contributed by atoms with Gasteiger partial charge in [-0.25, -0.2) is 0 Å². The molecular formula is C8H11N3OS3. The number of thioether (sulfide) groups is 1. The zero-order chi connectivity index (χ0) is 10.8. The maximum Gasteiger partial charge on any atom is 0.229 e. The molecule has 2 heterocycles. The molecule has 0 radical (unpaired) electrons. The largest absolute Gasteiger partial charge is 0.286 e. The van der Waals surface area contributed by atoms with E-state index in [1.54, 1.807) is 16.7 Å². The van der Waals surface area contributed by atoms with Crippen LogP contribution < -0.4 is 4.90 Å². The number of carbonyl (C=O) groups is 1. The number of hydrogen-bond donors (Lipinski definition) is 1. The Morgan fingerprint density at radius 2 is 2.47 bits per heavy atom. The summed E-state index contributed by atoms with van der Waals surface area (Å²) in [4.78, 5) is 13.4. The van der Waals surface area contributed by atoms with E-state index in [1.165, 1.54) is 11.3 Å². The predicted molar refractivity (Wildman–Crippen MR) is 66.0 cm³/mol. The minimum Gasteiger partial charge on any atom is -0.286 e. The van der Waals surface area contributed by atoms with Crippen LogP contribution in [-0.2, 0) is 4.79 Å². The highest BCUT2D eigenvalue weighted by atomic mass is 32.2. The summed E-state index contributed by atoms with van der Waals surface area (Å²) in [5.41, 5.74) is 0. The highest BCUT2D eigenvalue weighted by molar-refractivity contribution is 8.00. The Bertz CT molecular complexity index is 368. The number of rotatable bonds is 3. The van der Waals surface area contributed by atoms with Crippen molar-refractivity contribution < 1.29 is 4.79 Å². The van der Waals surface area contributed by atoms with E-state index >= 15 is 0 Å². The van der Waals surface area contributed by atoms with Gasteiger partial charge in [-0.05, 0) is 17.9 Å². The Hall–Kier alpha value is -0.270. The molecule has 1 aromatic heterocycles. The van der Waals surface area contributed by atoms with Gasteiger partial charge in [0.25, 0.3) is 0 Å². The first-order valence-electron chi connectivity index (χ1n) is 4.53. The molecule has 7 heteroatoms. The van der Waals surface area contributed by atoms with Crippen LogP contribution in [0.15, 0.2) is 4.34 Å². The molecule has 0 bridgehead atoms. The van der Waals surface area contributed by atoms with Gasteiger partial charge in [-0.15, -0.1) is 10.2 Å². The van der Waals surface area contributed by atoms with E-state index in [9.17, 15) is 4.79 Å². The van der Waals surface area contributed by atoms with Crippen LogP contribution >= 0.6 is 35.7 Å². The molecule has 1 amide bonds. The van der Waals surface area contributed by atoms with E-state index in [4.69, 9.17) is 0 Å². The molecule has 15 heavy (non-hydrogen) atoms. The summed E-state index contributed by atoms with van der Waals surface area (Å²) in [6, 6.07) is 0. The molecule has 0 aromatic carbocycles. The first-order chi connectivity index (χ1) is 7.24. The van der Waals surface area contributed by atoms with E-state index in [1.807, 2.05) is 6.26 Å². The van der Waals surface area contributed by atoms with Crippen LogP contribution in [0.3, 0.4) is 0 Å². The van der Waals surface area contributed by atoms with Gasteiger partial charge in [-0.3, -0.25) is 9.69 Å². The third kappa shape index (κ3) is 2.29. The normalized spacial score (nSPS) is 21.3. The zero-order valence-corrected chi connectivity index (χ0v) is 10.7. The molecular weight excluding hydrogens is 250 g/mol. The molecule has 2 rings (SSSR count). The van der Waals surface area contributed by atoms with Crippen LogP contribution in [0.25, 0.3) is 0 Å². The van der Waals surface area contributed by atoms with Crippen molar-refractivity contribution in [3.8, 4) is 0 Å². The van der Waals surface area contributed by atoms with Crippen LogP contribution in [0, 0.1) is 5.92 Å². The van der Waals surface area contributed by atoms with Crippen molar-refractivity contribution in [1.29, 1.82) is 0 Å². The summed E-state index contributed by atoms with van der Waals surface area (Å²) in [5, 5.41) is 8.72. The monoisotopic (exact) mass is 261 g/mol. The van der Waals surface area contributed by atoms with Gasteiger partial charge in [0.1, 0.15) is 0 Å². The van der Waals surface area contributed by atoms with Crippen LogP contribution in [0.5, 0.6) is 0 Å². The van der Waals surface area contributed by atoms with Gasteiger partial charge in [0.05, 0.1) is 0 Å². The van der Waals surface area contributed by atoms with E-state index in [0.717, 1.165) is 16.6 Å². The van der Waals surface area contributed by atoms with E-state index in [-0.39, 0.29) is 5.91 Å². The first-order valence-corrected chi connectivity index (χ1v) is 7.20. The predicted octanol–water partition coefficient (Wildman–Crippen LogP) is 1.54. The van der Waals surface area contributed by atoms with Crippen LogP contribution in [-0.4, -0.2) is 34.7 Å². The summed E-state index contributed by atoms with van der Waals surface area (Å²) >= 11 is 7.23. The highest BCUT2D eigenvalue weighted by Gasteiger charge is 2.31. The van der Waals surface area contributed by atoms with Gasteiger partial charge in [0, 0.05) is 13.0 Å². The van der Waals surface area contributed by atoms with Gasteiger partial charge in [0.15, 0.2) is 4.34 Å². The second-order valence-electron chi connectivity index (χ2n) is 3.31. The van der Waals surface area contributed by atoms with Gasteiger partial charge >= 0.3 is 0 Å².